The summed E-state index contributed by atoms with van der Waals surface area (Å²) in [6.07, 6.45) is 1.90. The summed E-state index contributed by atoms with van der Waals surface area (Å²) in [6, 6.07) is 15.3. The van der Waals surface area contributed by atoms with E-state index in [4.69, 9.17) is 23.2 Å². The van der Waals surface area contributed by atoms with Gasteiger partial charge in [0.25, 0.3) is 5.91 Å². The lowest BCUT2D eigenvalue weighted by atomic mass is 10.2. The molecule has 0 saturated carbocycles. The second-order valence-electron chi connectivity index (χ2n) is 7.06. The first-order chi connectivity index (χ1) is 14.3. The van der Waals surface area contributed by atoms with E-state index in [1.54, 1.807) is 6.07 Å². The Morgan fingerprint density at radius 1 is 1.07 bits per heavy atom. The Morgan fingerprint density at radius 3 is 2.60 bits per heavy atom. The van der Waals surface area contributed by atoms with Gasteiger partial charge in [-0.05, 0) is 86.1 Å². The maximum Gasteiger partial charge on any atom is 0.264 e. The van der Waals surface area contributed by atoms with Crippen LogP contribution in [0, 0.1) is 20.8 Å². The number of nitrogens with one attached hydrogen (secondary N) is 1. The van der Waals surface area contributed by atoms with Crippen LogP contribution in [0.25, 0.3) is 11.8 Å². The highest BCUT2D eigenvalue weighted by Crippen LogP contribution is 2.31. The molecular weight excluding hydrogens is 437 g/mol. The number of amidine groups is 1. The van der Waals surface area contributed by atoms with Crippen LogP contribution in [0.3, 0.4) is 0 Å². The largest absolute Gasteiger partial charge is 0.318 e. The van der Waals surface area contributed by atoms with Gasteiger partial charge in [0.05, 0.1) is 10.6 Å². The molecule has 0 unspecified atom stereocenters. The molecule has 30 heavy (non-hydrogen) atoms. The van der Waals surface area contributed by atoms with Crippen LogP contribution in [0.4, 0.5) is 5.69 Å². The second kappa shape index (κ2) is 8.34. The maximum atomic E-state index is 12.5. The van der Waals surface area contributed by atoms with E-state index in [1.165, 1.54) is 11.8 Å². The van der Waals surface area contributed by atoms with Crippen molar-refractivity contribution in [3.63, 3.8) is 0 Å². The van der Waals surface area contributed by atoms with Crippen molar-refractivity contribution in [3.8, 4) is 5.69 Å². The first-order valence-electron chi connectivity index (χ1n) is 9.32. The van der Waals surface area contributed by atoms with E-state index in [2.05, 4.69) is 20.9 Å². The molecule has 1 N–H and O–H groups in total. The Labute approximate surface area is 189 Å². The van der Waals surface area contributed by atoms with Crippen LogP contribution in [0.1, 0.15) is 22.5 Å². The molecule has 0 atom stereocenters. The van der Waals surface area contributed by atoms with Crippen molar-refractivity contribution in [1.82, 2.24) is 9.88 Å². The Kier molecular flexibility index (Phi) is 5.78. The number of hydrogen-bond donors (Lipinski definition) is 1. The quantitative estimate of drug-likeness (QED) is 0.452. The minimum absolute atomic E-state index is 0.162. The zero-order chi connectivity index (χ0) is 21.4. The van der Waals surface area contributed by atoms with Crippen LogP contribution in [-0.2, 0) is 4.79 Å². The zero-order valence-electron chi connectivity index (χ0n) is 16.7. The number of halogens is 2. The van der Waals surface area contributed by atoms with Crippen LogP contribution in [0.15, 0.2) is 58.4 Å². The summed E-state index contributed by atoms with van der Waals surface area (Å²) in [5.74, 6) is -0.162. The number of aryl methyl sites for hydroxylation is 2. The molecule has 0 bridgehead atoms. The molecule has 4 rings (SSSR count). The molecule has 1 aliphatic heterocycles. The summed E-state index contributed by atoms with van der Waals surface area (Å²) in [5.41, 5.74) is 5.75. The highest BCUT2D eigenvalue weighted by Gasteiger charge is 2.24. The van der Waals surface area contributed by atoms with Crippen LogP contribution < -0.4 is 5.32 Å². The summed E-state index contributed by atoms with van der Waals surface area (Å²) in [4.78, 5) is 17.6. The molecule has 0 aliphatic carbocycles. The Balaban J connectivity index is 1.64. The topological polar surface area (TPSA) is 46.4 Å². The smallest absolute Gasteiger partial charge is 0.264 e. The number of carbonyl (C=O) groups is 1. The molecule has 0 radical (unpaired) electrons. The Hall–Kier alpha value is -2.47. The first kappa shape index (κ1) is 20.8. The van der Waals surface area contributed by atoms with Gasteiger partial charge in [-0.3, -0.25) is 4.79 Å². The molecule has 152 valence electrons. The van der Waals surface area contributed by atoms with E-state index in [0.717, 1.165) is 28.2 Å². The molecule has 1 fully saturated rings. The van der Waals surface area contributed by atoms with Crippen molar-refractivity contribution >= 4 is 57.8 Å². The van der Waals surface area contributed by atoms with Crippen molar-refractivity contribution in [2.45, 2.75) is 20.8 Å². The van der Waals surface area contributed by atoms with Gasteiger partial charge in [0.1, 0.15) is 0 Å². The van der Waals surface area contributed by atoms with Gasteiger partial charge in [-0.2, -0.15) is 0 Å². The number of benzene rings is 2. The number of carbonyl (C=O) groups excluding carboxylic acids is 1. The maximum absolute atomic E-state index is 12.5. The zero-order valence-corrected chi connectivity index (χ0v) is 19.0. The Morgan fingerprint density at radius 2 is 1.87 bits per heavy atom. The lowest BCUT2D eigenvalue weighted by molar-refractivity contribution is -0.115. The van der Waals surface area contributed by atoms with E-state index in [1.807, 2.05) is 63.2 Å². The van der Waals surface area contributed by atoms with Crippen molar-refractivity contribution in [1.29, 1.82) is 0 Å². The van der Waals surface area contributed by atoms with Gasteiger partial charge in [-0.25, -0.2) is 4.99 Å². The fraction of sp³-hybridized carbons (Fsp3) is 0.130. The molecule has 1 aliphatic rings. The van der Waals surface area contributed by atoms with Gasteiger partial charge in [0.15, 0.2) is 5.17 Å². The molecule has 0 spiro atoms. The summed E-state index contributed by atoms with van der Waals surface area (Å²) in [7, 11) is 0. The number of hydrogen-bond acceptors (Lipinski definition) is 3. The van der Waals surface area contributed by atoms with Gasteiger partial charge in [0, 0.05) is 27.1 Å². The molecule has 4 nitrogen and oxygen atoms in total. The van der Waals surface area contributed by atoms with Crippen molar-refractivity contribution < 1.29 is 4.79 Å². The summed E-state index contributed by atoms with van der Waals surface area (Å²) in [6.45, 7) is 6.00. The van der Waals surface area contributed by atoms with Gasteiger partial charge < -0.3 is 9.88 Å². The van der Waals surface area contributed by atoms with Gasteiger partial charge >= 0.3 is 0 Å². The lowest BCUT2D eigenvalue weighted by Gasteiger charge is -2.09. The predicted molar refractivity (Wildman–Crippen MR) is 127 cm³/mol. The SMILES string of the molecule is Cc1ccc(N=C2NC(=O)/C(=C/c3cc(C)n(-c4cccc(Cl)c4)c3C)S2)cc1Cl. The monoisotopic (exact) mass is 455 g/mol. The van der Waals surface area contributed by atoms with E-state index in [0.29, 0.717) is 25.8 Å². The van der Waals surface area contributed by atoms with E-state index >= 15 is 0 Å². The van der Waals surface area contributed by atoms with Crippen molar-refractivity contribution in [3.05, 3.63) is 86.0 Å². The van der Waals surface area contributed by atoms with Crippen molar-refractivity contribution in [2.75, 3.05) is 0 Å². The summed E-state index contributed by atoms with van der Waals surface area (Å²) >= 11 is 13.7. The van der Waals surface area contributed by atoms with Gasteiger partial charge in [0.2, 0.25) is 0 Å². The molecule has 7 heteroatoms. The van der Waals surface area contributed by atoms with E-state index < -0.39 is 0 Å². The van der Waals surface area contributed by atoms with Crippen LogP contribution in [0.5, 0.6) is 0 Å². The van der Waals surface area contributed by atoms with Crippen molar-refractivity contribution in [2.24, 2.45) is 4.99 Å². The number of aromatic nitrogens is 1. The molecule has 1 aromatic heterocycles. The summed E-state index contributed by atoms with van der Waals surface area (Å²) in [5, 5.41) is 4.69. The molecule has 2 heterocycles. The predicted octanol–water partition coefficient (Wildman–Crippen LogP) is 6.60. The van der Waals surface area contributed by atoms with Crippen LogP contribution in [0.2, 0.25) is 10.0 Å². The molecular formula is C23H19Cl2N3OS. The van der Waals surface area contributed by atoms with Crippen LogP contribution >= 0.6 is 35.0 Å². The average molecular weight is 456 g/mol. The minimum atomic E-state index is -0.162. The highest BCUT2D eigenvalue weighted by molar-refractivity contribution is 8.18. The number of thioether (sulfide) groups is 1. The van der Waals surface area contributed by atoms with Gasteiger partial charge in [-0.15, -0.1) is 0 Å². The normalized spacial score (nSPS) is 16.5. The van der Waals surface area contributed by atoms with Crippen LogP contribution in [-0.4, -0.2) is 15.6 Å². The average Bonchev–Trinajstić information content (AvgIpc) is 3.17. The van der Waals surface area contributed by atoms with E-state index in [9.17, 15) is 4.79 Å². The molecule has 1 amide bonds. The minimum Gasteiger partial charge on any atom is -0.318 e. The number of amides is 1. The third-order valence-electron chi connectivity index (χ3n) is 4.86. The third kappa shape index (κ3) is 4.19. The second-order valence-corrected chi connectivity index (χ2v) is 8.93. The lowest BCUT2D eigenvalue weighted by Crippen LogP contribution is -2.19. The number of nitrogens with zero attached hydrogens (tertiary/aromatic N) is 2. The molecule has 3 aromatic rings. The standard InChI is InChI=1S/C23H19Cl2N3OS/c1-13-7-8-18(12-20(13)25)26-23-27-22(29)21(30-23)10-16-9-14(2)28(15(16)3)19-6-4-5-17(24)11-19/h4-12H,1-3H3,(H,26,27,29)/b21-10-. The molecule has 1 saturated heterocycles. The van der Waals surface area contributed by atoms with E-state index in [-0.39, 0.29) is 5.91 Å². The van der Waals surface area contributed by atoms with Gasteiger partial charge in [-0.1, -0.05) is 35.3 Å². The Bertz CT molecular complexity index is 1230. The fourth-order valence-corrected chi connectivity index (χ4v) is 4.53. The first-order valence-corrected chi connectivity index (χ1v) is 10.9. The third-order valence-corrected chi connectivity index (χ3v) is 6.41. The molecule has 2 aromatic carbocycles. The fourth-order valence-electron chi connectivity index (χ4n) is 3.34. The number of aliphatic imine (C=N–C) groups is 1. The number of rotatable bonds is 3. The summed E-state index contributed by atoms with van der Waals surface area (Å²) < 4.78 is 2.12. The highest BCUT2D eigenvalue weighted by atomic mass is 35.5.